The highest BCUT2D eigenvalue weighted by Crippen LogP contribution is 1.97. The Bertz CT molecular complexity index is 211. The van der Waals surface area contributed by atoms with Gasteiger partial charge in [0.25, 0.3) is 0 Å². The largest absolute Gasteiger partial charge is 0.330 e. The van der Waals surface area contributed by atoms with Crippen LogP contribution in [0.15, 0.2) is 24.4 Å². The summed E-state index contributed by atoms with van der Waals surface area (Å²) in [4.78, 5) is 21.3. The zero-order chi connectivity index (χ0) is 9.56. The van der Waals surface area contributed by atoms with Crippen molar-refractivity contribution in [1.82, 2.24) is 5.32 Å². The summed E-state index contributed by atoms with van der Waals surface area (Å²) in [5, 5.41) is 2.54. The number of carbonyl (C=O) groups excluding carboxylic acids is 2. The van der Waals surface area contributed by atoms with Crippen LogP contribution in [0.2, 0.25) is 0 Å². The molecule has 0 aromatic rings. The smallest absolute Gasteiger partial charge is 0.221 e. The number of rotatable bonds is 4. The van der Waals surface area contributed by atoms with E-state index in [1.165, 1.54) is 19.9 Å². The van der Waals surface area contributed by atoms with Gasteiger partial charge < -0.3 is 5.32 Å². The van der Waals surface area contributed by atoms with E-state index in [1.807, 2.05) is 0 Å². The summed E-state index contributed by atoms with van der Waals surface area (Å²) < 4.78 is 0. The van der Waals surface area contributed by atoms with E-state index < -0.39 is 0 Å². The predicted octanol–water partition coefficient (Wildman–Crippen LogP) is 1.17. The van der Waals surface area contributed by atoms with Gasteiger partial charge >= 0.3 is 0 Å². The topological polar surface area (TPSA) is 46.2 Å². The summed E-state index contributed by atoms with van der Waals surface area (Å²) in [5.74, 6) is -0.166. The van der Waals surface area contributed by atoms with Gasteiger partial charge in [0, 0.05) is 19.0 Å². The lowest BCUT2D eigenvalue weighted by Gasteiger charge is -2.03. The van der Waals surface area contributed by atoms with Crippen LogP contribution in [0.25, 0.3) is 0 Å². The Labute approximate surface area is 72.2 Å². The molecule has 0 aliphatic carbocycles. The molecule has 0 aliphatic heterocycles. The molecular formula is C9H13NO2. The molecule has 0 saturated carbocycles. The molecule has 0 fully saturated rings. The first-order chi connectivity index (χ1) is 5.56. The molecule has 3 heteroatoms. The summed E-state index contributed by atoms with van der Waals surface area (Å²) in [6.07, 6.45) is 3.39. The van der Waals surface area contributed by atoms with Gasteiger partial charge in [0.1, 0.15) is 5.78 Å². The maximum Gasteiger partial charge on any atom is 0.221 e. The molecule has 0 unspecified atom stereocenters. The molecule has 0 spiro atoms. The van der Waals surface area contributed by atoms with Gasteiger partial charge in [-0.1, -0.05) is 12.7 Å². The van der Waals surface area contributed by atoms with Crippen LogP contribution in [-0.2, 0) is 9.59 Å². The molecule has 0 rings (SSSR count). The first kappa shape index (κ1) is 10.6. The minimum Gasteiger partial charge on any atom is -0.330 e. The van der Waals surface area contributed by atoms with Crippen molar-refractivity contribution in [3.63, 3.8) is 0 Å². The van der Waals surface area contributed by atoms with Crippen LogP contribution in [0.5, 0.6) is 0 Å². The molecule has 1 amide bonds. The molecule has 12 heavy (non-hydrogen) atoms. The summed E-state index contributed by atoms with van der Waals surface area (Å²) in [6, 6.07) is 0. The zero-order valence-corrected chi connectivity index (χ0v) is 7.39. The fraction of sp³-hybridized carbons (Fsp3) is 0.333. The lowest BCUT2D eigenvalue weighted by Crippen LogP contribution is -2.20. The lowest BCUT2D eigenvalue weighted by atomic mass is 10.2. The van der Waals surface area contributed by atoms with Gasteiger partial charge in [-0.2, -0.15) is 0 Å². The third-order valence-corrected chi connectivity index (χ3v) is 1.10. The second-order valence-electron chi connectivity index (χ2n) is 2.49. The molecule has 0 atom stereocenters. The monoisotopic (exact) mass is 167 g/mol. The molecule has 0 aliphatic rings. The Kier molecular flexibility index (Phi) is 4.69. The van der Waals surface area contributed by atoms with Crippen LogP contribution >= 0.6 is 0 Å². The van der Waals surface area contributed by atoms with E-state index in [1.54, 1.807) is 6.08 Å². The first-order valence-corrected chi connectivity index (χ1v) is 3.65. The molecule has 1 N–H and O–H groups in total. The highest BCUT2D eigenvalue weighted by atomic mass is 16.1. The van der Waals surface area contributed by atoms with Crippen LogP contribution in [0.4, 0.5) is 0 Å². The van der Waals surface area contributed by atoms with Crippen molar-refractivity contribution in [2.45, 2.75) is 20.3 Å². The van der Waals surface area contributed by atoms with Gasteiger partial charge in [-0.05, 0) is 13.0 Å². The Balaban J connectivity index is 4.23. The van der Waals surface area contributed by atoms with Gasteiger partial charge in [0.15, 0.2) is 0 Å². The van der Waals surface area contributed by atoms with Crippen molar-refractivity contribution in [3.05, 3.63) is 24.4 Å². The summed E-state index contributed by atoms with van der Waals surface area (Å²) in [5.41, 5.74) is 0.588. The number of Topliss-reactive ketones (excluding diaryl/α,β-unsaturated/α-hetero) is 1. The normalized spacial score (nSPS) is 10.7. The van der Waals surface area contributed by atoms with E-state index in [0.29, 0.717) is 5.70 Å². The molecule has 0 saturated heterocycles. The standard InChI is InChI=1S/C9H13NO2/c1-4-5-9(6-7(2)11)10-8(3)12/h4-5H,1,6H2,2-3H3,(H,10,12)/b9-5+. The SMILES string of the molecule is C=C/C=C(\CC(C)=O)NC(C)=O. The van der Waals surface area contributed by atoms with Crippen LogP contribution in [0, 0.1) is 0 Å². The summed E-state index contributed by atoms with van der Waals surface area (Å²) in [7, 11) is 0. The molecule has 0 aromatic carbocycles. The minimum absolute atomic E-state index is 0.0110. The van der Waals surface area contributed by atoms with Crippen LogP contribution < -0.4 is 5.32 Å². The predicted molar refractivity (Wildman–Crippen MR) is 47.4 cm³/mol. The molecule has 66 valence electrons. The molecule has 0 radical (unpaired) electrons. The Morgan fingerprint density at radius 2 is 2.00 bits per heavy atom. The average Bonchev–Trinajstić information content (AvgIpc) is 1.84. The van der Waals surface area contributed by atoms with Crippen molar-refractivity contribution in [2.75, 3.05) is 0 Å². The van der Waals surface area contributed by atoms with Gasteiger partial charge in [0.05, 0.1) is 0 Å². The number of ketones is 1. The number of allylic oxidation sites excluding steroid dienone is 3. The fourth-order valence-electron chi connectivity index (χ4n) is 0.781. The van der Waals surface area contributed by atoms with Crippen molar-refractivity contribution in [2.24, 2.45) is 0 Å². The molecular weight excluding hydrogens is 154 g/mol. The van der Waals surface area contributed by atoms with E-state index in [9.17, 15) is 9.59 Å². The van der Waals surface area contributed by atoms with E-state index in [-0.39, 0.29) is 18.1 Å². The van der Waals surface area contributed by atoms with Crippen molar-refractivity contribution < 1.29 is 9.59 Å². The second-order valence-corrected chi connectivity index (χ2v) is 2.49. The molecule has 0 aromatic heterocycles. The van der Waals surface area contributed by atoms with E-state index in [4.69, 9.17) is 0 Å². The quantitative estimate of drug-likeness (QED) is 0.639. The number of nitrogens with one attached hydrogen (secondary N) is 1. The maximum absolute atomic E-state index is 10.7. The van der Waals surface area contributed by atoms with Gasteiger partial charge in [0.2, 0.25) is 5.91 Å². The van der Waals surface area contributed by atoms with Crippen molar-refractivity contribution >= 4 is 11.7 Å². The number of hydrogen-bond acceptors (Lipinski definition) is 2. The Hall–Kier alpha value is -1.38. The van der Waals surface area contributed by atoms with E-state index in [2.05, 4.69) is 11.9 Å². The Morgan fingerprint density at radius 1 is 1.42 bits per heavy atom. The van der Waals surface area contributed by atoms with Gasteiger partial charge in [-0.15, -0.1) is 0 Å². The summed E-state index contributed by atoms with van der Waals surface area (Å²) >= 11 is 0. The Morgan fingerprint density at radius 3 is 2.33 bits per heavy atom. The zero-order valence-electron chi connectivity index (χ0n) is 7.39. The second kappa shape index (κ2) is 5.29. The van der Waals surface area contributed by atoms with Gasteiger partial charge in [-0.25, -0.2) is 0 Å². The number of hydrogen-bond donors (Lipinski definition) is 1. The number of carbonyl (C=O) groups is 2. The van der Waals surface area contributed by atoms with Gasteiger partial charge in [-0.3, -0.25) is 9.59 Å². The minimum atomic E-state index is -0.177. The fourth-order valence-corrected chi connectivity index (χ4v) is 0.781. The summed E-state index contributed by atoms with van der Waals surface area (Å²) in [6.45, 7) is 6.35. The number of amides is 1. The lowest BCUT2D eigenvalue weighted by molar-refractivity contribution is -0.118. The molecule has 0 bridgehead atoms. The third kappa shape index (κ3) is 5.41. The molecule has 3 nitrogen and oxygen atoms in total. The first-order valence-electron chi connectivity index (χ1n) is 3.65. The van der Waals surface area contributed by atoms with Crippen LogP contribution in [0.3, 0.4) is 0 Å². The van der Waals surface area contributed by atoms with Crippen molar-refractivity contribution in [1.29, 1.82) is 0 Å². The maximum atomic E-state index is 10.7. The van der Waals surface area contributed by atoms with E-state index >= 15 is 0 Å². The van der Waals surface area contributed by atoms with Crippen LogP contribution in [-0.4, -0.2) is 11.7 Å². The van der Waals surface area contributed by atoms with Crippen LogP contribution in [0.1, 0.15) is 20.3 Å². The highest BCUT2D eigenvalue weighted by molar-refractivity contribution is 5.81. The molecule has 0 heterocycles. The van der Waals surface area contributed by atoms with Crippen molar-refractivity contribution in [3.8, 4) is 0 Å². The third-order valence-electron chi connectivity index (χ3n) is 1.10. The van der Waals surface area contributed by atoms with E-state index in [0.717, 1.165) is 0 Å². The highest BCUT2D eigenvalue weighted by Gasteiger charge is 2.01. The average molecular weight is 167 g/mol.